The van der Waals surface area contributed by atoms with Crippen LogP contribution in [-0.2, 0) is 4.79 Å². The van der Waals surface area contributed by atoms with Crippen LogP contribution in [0.4, 0.5) is 21.0 Å². The molecule has 2 heterocycles. The Morgan fingerprint density at radius 2 is 1.51 bits per heavy atom. The van der Waals surface area contributed by atoms with Crippen molar-refractivity contribution in [1.29, 1.82) is 0 Å². The maximum atomic E-state index is 13.4. The number of urea groups is 2. The highest BCUT2D eigenvalue weighted by atomic mass is 16.4. The number of nitrogens with one attached hydrogen (secondary N) is 5. The van der Waals surface area contributed by atoms with Crippen molar-refractivity contribution in [1.82, 2.24) is 25.4 Å². The number of hydrogen-bond donors (Lipinski definition) is 7. The summed E-state index contributed by atoms with van der Waals surface area (Å²) in [6, 6.07) is 18.9. The second-order valence-electron chi connectivity index (χ2n) is 11.7. The van der Waals surface area contributed by atoms with E-state index < -0.39 is 30.9 Å². The van der Waals surface area contributed by atoms with Gasteiger partial charge < -0.3 is 46.1 Å². The number of anilines is 2. The van der Waals surface area contributed by atoms with E-state index >= 15 is 0 Å². The van der Waals surface area contributed by atoms with Crippen LogP contribution < -0.4 is 26.7 Å². The van der Waals surface area contributed by atoms with Gasteiger partial charge in [0.25, 0.3) is 17.6 Å². The summed E-state index contributed by atoms with van der Waals surface area (Å²) in [5, 5.41) is 29.7. The lowest BCUT2D eigenvalue weighted by atomic mass is 9.80. The number of amides is 6. The van der Waals surface area contributed by atoms with Crippen LogP contribution in [0.3, 0.4) is 0 Å². The van der Waals surface area contributed by atoms with E-state index in [1.807, 2.05) is 13.0 Å². The number of aromatic nitrogens is 1. The van der Waals surface area contributed by atoms with Crippen molar-refractivity contribution in [3.63, 3.8) is 0 Å². The van der Waals surface area contributed by atoms with Gasteiger partial charge >= 0.3 is 19.2 Å². The Morgan fingerprint density at radius 3 is 2.16 bits per heavy atom. The van der Waals surface area contributed by atoms with Crippen molar-refractivity contribution in [3.8, 4) is 0 Å². The first-order chi connectivity index (χ1) is 23.6. The molecule has 1 aliphatic heterocycles. The number of carbonyl (C=O) groups excluding carboxylic acids is 5. The number of nitrogens with zero attached hydrogens (tertiary/aromatic N) is 2. The number of para-hydroxylation sites is 1. The van der Waals surface area contributed by atoms with Gasteiger partial charge in [-0.15, -0.1) is 0 Å². The molecule has 1 fully saturated rings. The molecular weight excluding hydrogens is 629 g/mol. The molecule has 1 atom stereocenters. The summed E-state index contributed by atoms with van der Waals surface area (Å²) in [4.78, 5) is 70.5. The predicted octanol–water partition coefficient (Wildman–Crippen LogP) is 2.13. The average molecular weight is 668 g/mol. The quantitative estimate of drug-likeness (QED) is 0.0551. The van der Waals surface area contributed by atoms with E-state index in [1.54, 1.807) is 59.5 Å². The molecule has 1 unspecified atom stereocenters. The highest BCUT2D eigenvalue weighted by Crippen LogP contribution is 2.27. The van der Waals surface area contributed by atoms with Gasteiger partial charge in [-0.3, -0.25) is 14.4 Å². The molecule has 0 spiro atoms. The Kier molecular flexibility index (Phi) is 11.3. The number of aromatic amines is 1. The number of benzene rings is 3. The first-order valence-corrected chi connectivity index (χ1v) is 16.0. The molecule has 254 valence electrons. The third-order valence-corrected chi connectivity index (χ3v) is 8.24. The third-order valence-electron chi connectivity index (χ3n) is 8.24. The SMILES string of the molecule is CC1CN(C(=O)c2ccccc2)CCN1C(=O)C(=O)c1c[nH]c2c(NC(=O)NCCCCNC(=O)Nc3ccc(B(O)O)cc3)cccc12. The summed E-state index contributed by atoms with van der Waals surface area (Å²) in [7, 11) is -1.58. The van der Waals surface area contributed by atoms with Crippen LogP contribution in [0, 0.1) is 0 Å². The molecule has 6 amide bonds. The minimum absolute atomic E-state index is 0.115. The zero-order valence-electron chi connectivity index (χ0n) is 26.9. The van der Waals surface area contributed by atoms with Gasteiger partial charge in [0.05, 0.1) is 16.8 Å². The highest BCUT2D eigenvalue weighted by Gasteiger charge is 2.34. The average Bonchev–Trinajstić information content (AvgIpc) is 3.54. The fraction of sp³-hybridized carbons (Fsp3) is 0.265. The smallest absolute Gasteiger partial charge is 0.423 e. The number of Topliss-reactive ketones (excluding diaryl/α,β-unsaturated/α-hetero) is 1. The molecule has 7 N–H and O–H groups in total. The molecule has 49 heavy (non-hydrogen) atoms. The summed E-state index contributed by atoms with van der Waals surface area (Å²) in [6.07, 6.45) is 2.66. The standard InChI is InChI=1S/C34H38BN7O7/c1-22-21-41(31(44)23-8-3-2-4-9-23)18-19-42(22)32(45)30(43)27-20-38-29-26(27)10-7-11-28(29)40-34(47)37-17-6-5-16-36-33(46)39-25-14-12-24(13-15-25)35(48)49/h2-4,7-15,20,22,38,48-49H,5-6,16-19,21H2,1H3,(H2,36,39,46)(H2,37,40,47). The molecule has 3 aromatic carbocycles. The van der Waals surface area contributed by atoms with Crippen molar-refractivity contribution in [2.45, 2.75) is 25.8 Å². The number of ketones is 1. The Balaban J connectivity index is 1.07. The first kappa shape index (κ1) is 34.7. The molecular formula is C34H38BN7O7. The first-order valence-electron chi connectivity index (χ1n) is 16.0. The van der Waals surface area contributed by atoms with Crippen molar-refractivity contribution >= 4 is 64.5 Å². The number of carbonyl (C=O) groups is 5. The molecule has 15 heteroatoms. The molecule has 1 saturated heterocycles. The van der Waals surface area contributed by atoms with Gasteiger partial charge in [0, 0.05) is 61.6 Å². The normalized spacial score (nSPS) is 14.2. The van der Waals surface area contributed by atoms with Crippen molar-refractivity contribution in [2.75, 3.05) is 43.4 Å². The molecule has 4 aromatic rings. The molecule has 0 aliphatic carbocycles. The fourth-order valence-electron chi connectivity index (χ4n) is 5.63. The summed E-state index contributed by atoms with van der Waals surface area (Å²) < 4.78 is 0. The van der Waals surface area contributed by atoms with Crippen molar-refractivity contribution in [3.05, 3.63) is 90.1 Å². The zero-order valence-corrected chi connectivity index (χ0v) is 26.9. The molecule has 0 radical (unpaired) electrons. The topological polar surface area (TPSA) is 196 Å². The van der Waals surface area contributed by atoms with Crippen LogP contribution in [0.5, 0.6) is 0 Å². The van der Waals surface area contributed by atoms with Gasteiger partial charge in [0.1, 0.15) is 0 Å². The van der Waals surface area contributed by atoms with Gasteiger partial charge in [0.15, 0.2) is 0 Å². The summed E-state index contributed by atoms with van der Waals surface area (Å²) in [5.41, 5.74) is 2.51. The lowest BCUT2D eigenvalue weighted by Crippen LogP contribution is -2.56. The van der Waals surface area contributed by atoms with Gasteiger partial charge in [-0.25, -0.2) is 9.59 Å². The predicted molar refractivity (Wildman–Crippen MR) is 186 cm³/mol. The summed E-state index contributed by atoms with van der Waals surface area (Å²) in [5.74, 6) is -1.44. The molecule has 5 rings (SSSR count). The van der Waals surface area contributed by atoms with E-state index in [-0.39, 0.29) is 24.1 Å². The van der Waals surface area contributed by atoms with Crippen molar-refractivity contribution < 1.29 is 34.0 Å². The molecule has 0 bridgehead atoms. The highest BCUT2D eigenvalue weighted by molar-refractivity contribution is 6.58. The molecule has 14 nitrogen and oxygen atoms in total. The van der Waals surface area contributed by atoms with E-state index in [4.69, 9.17) is 10.0 Å². The number of fused-ring (bicyclic) bond motifs is 1. The Labute approximate surface area is 283 Å². The van der Waals surface area contributed by atoms with Gasteiger partial charge in [-0.2, -0.15) is 0 Å². The maximum absolute atomic E-state index is 13.4. The summed E-state index contributed by atoms with van der Waals surface area (Å²) >= 11 is 0. The summed E-state index contributed by atoms with van der Waals surface area (Å²) in [6.45, 7) is 3.39. The number of piperazine rings is 1. The van der Waals surface area contributed by atoms with Crippen LogP contribution in [-0.4, -0.2) is 100 Å². The monoisotopic (exact) mass is 667 g/mol. The van der Waals surface area contributed by atoms with Crippen LogP contribution in [0.2, 0.25) is 0 Å². The minimum atomic E-state index is -1.58. The Bertz CT molecular complexity index is 1810. The Morgan fingerprint density at radius 1 is 0.837 bits per heavy atom. The zero-order chi connectivity index (χ0) is 34.9. The third kappa shape index (κ3) is 8.63. The van der Waals surface area contributed by atoms with E-state index in [1.165, 1.54) is 23.2 Å². The van der Waals surface area contributed by atoms with Gasteiger partial charge in [-0.05, 0) is 55.6 Å². The second kappa shape index (κ2) is 16.0. The lowest BCUT2D eigenvalue weighted by Gasteiger charge is -2.39. The van der Waals surface area contributed by atoms with Crippen molar-refractivity contribution in [2.24, 2.45) is 0 Å². The number of hydrogen-bond acceptors (Lipinski definition) is 7. The minimum Gasteiger partial charge on any atom is -0.423 e. The number of rotatable bonds is 11. The van der Waals surface area contributed by atoms with E-state index in [9.17, 15) is 24.0 Å². The molecule has 1 aromatic heterocycles. The van der Waals surface area contributed by atoms with E-state index in [0.717, 1.165) is 0 Å². The van der Waals surface area contributed by atoms with Crippen LogP contribution >= 0.6 is 0 Å². The maximum Gasteiger partial charge on any atom is 0.488 e. The Hall–Kier alpha value is -5.67. The largest absolute Gasteiger partial charge is 0.488 e. The van der Waals surface area contributed by atoms with E-state index in [2.05, 4.69) is 26.3 Å². The molecule has 1 aliphatic rings. The van der Waals surface area contributed by atoms with Crippen LogP contribution in [0.25, 0.3) is 10.9 Å². The number of unbranched alkanes of at least 4 members (excludes halogenated alkanes) is 1. The lowest BCUT2D eigenvalue weighted by molar-refractivity contribution is -0.130. The number of H-pyrrole nitrogens is 1. The molecule has 0 saturated carbocycles. The van der Waals surface area contributed by atoms with Gasteiger partial charge in [-0.1, -0.05) is 42.5 Å². The van der Waals surface area contributed by atoms with Crippen LogP contribution in [0.1, 0.15) is 40.5 Å². The van der Waals surface area contributed by atoms with Crippen LogP contribution in [0.15, 0.2) is 79.0 Å². The fourth-order valence-corrected chi connectivity index (χ4v) is 5.63. The van der Waals surface area contributed by atoms with Gasteiger partial charge in [0.2, 0.25) is 0 Å². The second-order valence-corrected chi connectivity index (χ2v) is 11.7. The van der Waals surface area contributed by atoms with E-state index in [0.29, 0.717) is 72.3 Å².